The van der Waals surface area contributed by atoms with E-state index in [1.165, 1.54) is 31.4 Å². The van der Waals surface area contributed by atoms with Crippen LogP contribution < -0.4 is 16.0 Å². The zero-order chi connectivity index (χ0) is 49.1. The van der Waals surface area contributed by atoms with Gasteiger partial charge in [0.05, 0.1) is 33.1 Å². The van der Waals surface area contributed by atoms with Gasteiger partial charge in [-0.15, -0.1) is 0 Å². The van der Waals surface area contributed by atoms with Crippen molar-refractivity contribution in [2.45, 2.75) is 103 Å². The van der Waals surface area contributed by atoms with E-state index in [0.29, 0.717) is 28.7 Å². The molecule has 0 spiro atoms. The summed E-state index contributed by atoms with van der Waals surface area (Å²) in [6.45, 7) is 10.3. The number of rotatable bonds is 14. The Bertz CT molecular complexity index is 2400. The van der Waals surface area contributed by atoms with Gasteiger partial charge in [0.25, 0.3) is 0 Å². The number of carbonyl (C=O) groups is 7. The molecule has 18 nitrogen and oxygen atoms in total. The number of benzene rings is 2. The van der Waals surface area contributed by atoms with Crippen LogP contribution in [0, 0.1) is 23.7 Å². The number of aryl methyl sites for hydroxylation is 1. The number of hydrogen-bond acceptors (Lipinski definition) is 14. The minimum atomic E-state index is -0.901. The van der Waals surface area contributed by atoms with Crippen LogP contribution in [0.1, 0.15) is 87.8 Å². The summed E-state index contributed by atoms with van der Waals surface area (Å²) >= 11 is 0. The van der Waals surface area contributed by atoms with Crippen LogP contribution in [0.15, 0.2) is 60.8 Å². The predicted octanol–water partition coefficient (Wildman–Crippen LogP) is 5.16. The Labute approximate surface area is 390 Å². The molecule has 1 aromatic heterocycles. The van der Waals surface area contributed by atoms with Crippen molar-refractivity contribution in [1.82, 2.24) is 20.5 Å². The number of esters is 3. The summed E-state index contributed by atoms with van der Waals surface area (Å²) in [7, 11) is 2.50. The highest BCUT2D eigenvalue weighted by Gasteiger charge is 2.40. The van der Waals surface area contributed by atoms with Gasteiger partial charge in [-0.3, -0.25) is 19.7 Å². The second-order valence-corrected chi connectivity index (χ2v) is 17.2. The van der Waals surface area contributed by atoms with Crippen LogP contribution >= 0.6 is 0 Å². The van der Waals surface area contributed by atoms with Gasteiger partial charge in [-0.05, 0) is 101 Å². The molecule has 356 valence electrons. The van der Waals surface area contributed by atoms with Gasteiger partial charge in [0, 0.05) is 43.3 Å². The fourth-order valence-corrected chi connectivity index (χ4v) is 6.44. The molecule has 1 aliphatic rings. The summed E-state index contributed by atoms with van der Waals surface area (Å²) in [5.74, 6) is 9.60. The van der Waals surface area contributed by atoms with Crippen molar-refractivity contribution in [2.24, 2.45) is 0 Å². The lowest BCUT2D eigenvalue weighted by Gasteiger charge is -2.22. The Hall–Kier alpha value is -7.60. The van der Waals surface area contributed by atoms with Crippen molar-refractivity contribution in [3.8, 4) is 23.7 Å². The van der Waals surface area contributed by atoms with Gasteiger partial charge >= 0.3 is 36.2 Å². The largest absolute Gasteiger partial charge is 0.469 e. The van der Waals surface area contributed by atoms with Gasteiger partial charge in [0.2, 0.25) is 5.91 Å². The number of aromatic nitrogens is 1. The Morgan fingerprint density at radius 2 is 1.31 bits per heavy atom. The Morgan fingerprint density at radius 1 is 0.701 bits per heavy atom. The van der Waals surface area contributed by atoms with E-state index < -0.39 is 59.5 Å². The van der Waals surface area contributed by atoms with Crippen molar-refractivity contribution in [3.63, 3.8) is 0 Å². The van der Waals surface area contributed by atoms with E-state index in [9.17, 15) is 33.6 Å². The van der Waals surface area contributed by atoms with Crippen molar-refractivity contribution in [3.05, 3.63) is 94.2 Å². The summed E-state index contributed by atoms with van der Waals surface area (Å²) in [6, 6.07) is 14.0. The molecule has 0 bridgehead atoms. The molecule has 2 unspecified atom stereocenters. The van der Waals surface area contributed by atoms with Crippen molar-refractivity contribution >= 4 is 47.9 Å². The number of likely N-dealkylation sites (tertiary alicyclic amines) is 1. The molecular formula is C49H57N5O13. The maximum absolute atomic E-state index is 13.4. The molecule has 0 saturated carbocycles. The Morgan fingerprint density at radius 3 is 1.94 bits per heavy atom. The monoisotopic (exact) mass is 923 g/mol. The van der Waals surface area contributed by atoms with E-state index in [0.717, 1.165) is 11.1 Å². The van der Waals surface area contributed by atoms with Gasteiger partial charge in [-0.1, -0.05) is 47.9 Å². The number of nitrogens with one attached hydrogen (secondary N) is 3. The molecule has 4 rings (SSSR count). The van der Waals surface area contributed by atoms with Crippen LogP contribution in [-0.2, 0) is 73.4 Å². The smallest absolute Gasteiger partial charge is 0.413 e. The van der Waals surface area contributed by atoms with Crippen molar-refractivity contribution < 1.29 is 62.0 Å². The molecule has 18 heteroatoms. The van der Waals surface area contributed by atoms with E-state index in [4.69, 9.17) is 28.4 Å². The molecule has 3 aromatic rings. The number of anilines is 1. The molecule has 1 aliphatic heterocycles. The van der Waals surface area contributed by atoms with Crippen LogP contribution in [0.3, 0.4) is 0 Å². The van der Waals surface area contributed by atoms with Crippen LogP contribution in [0.25, 0.3) is 0 Å². The van der Waals surface area contributed by atoms with Crippen molar-refractivity contribution in [2.75, 3.05) is 39.3 Å². The summed E-state index contributed by atoms with van der Waals surface area (Å²) in [6.07, 6.45) is -0.122. The molecule has 1 fully saturated rings. The summed E-state index contributed by atoms with van der Waals surface area (Å²) in [5, 5.41) is 7.93. The number of carbonyl (C=O) groups excluding carboxylic acids is 7. The van der Waals surface area contributed by atoms with Crippen LogP contribution in [0.2, 0.25) is 0 Å². The van der Waals surface area contributed by atoms with Crippen LogP contribution in [0.5, 0.6) is 0 Å². The fraction of sp³-hybridized carbons (Fsp3) is 0.429. The average Bonchev–Trinajstić information content (AvgIpc) is 3.67. The van der Waals surface area contributed by atoms with Gasteiger partial charge in [0.1, 0.15) is 23.1 Å². The molecular weight excluding hydrogens is 867 g/mol. The molecule has 0 radical (unpaired) electrons. The number of nitrogens with zero attached hydrogens (tertiary/aromatic N) is 2. The first-order valence-electron chi connectivity index (χ1n) is 21.3. The van der Waals surface area contributed by atoms with Crippen LogP contribution in [0.4, 0.5) is 20.2 Å². The van der Waals surface area contributed by atoms with Gasteiger partial charge in [0.15, 0.2) is 13.2 Å². The predicted molar refractivity (Wildman–Crippen MR) is 243 cm³/mol. The highest BCUT2D eigenvalue weighted by Crippen LogP contribution is 2.22. The standard InChI is InChI=1S/C49H57N5O13/c1-48(2,3)66-45(59)51-30-33-15-13-32(14-16-33)17-18-41(55)54-31-38(29-39(54)44(58)63-8)52-46(60)65-22-10-12-35-23-34(24-37(25-35)28-42(56)62-7)11-9-21-64-43(57)27-36-19-20-50-40(26-36)53-47(61)67-49(4,5)6/h13-16,19-20,23-26,38-39H,17-18,21-22,27-31H2,1-8H3,(H,51,59)(H,52,60)(H,50,53,61). The topological polar surface area (TPSA) is 227 Å². The lowest BCUT2D eigenvalue weighted by molar-refractivity contribution is -0.150. The number of hydrogen-bond donors (Lipinski definition) is 3. The first-order chi connectivity index (χ1) is 31.7. The molecule has 2 aromatic carbocycles. The number of pyridine rings is 1. The minimum Gasteiger partial charge on any atom is -0.469 e. The van der Waals surface area contributed by atoms with E-state index in [1.807, 2.05) is 24.3 Å². The average molecular weight is 924 g/mol. The van der Waals surface area contributed by atoms with Gasteiger partial charge in [-0.2, -0.15) is 0 Å². The van der Waals surface area contributed by atoms with E-state index in [2.05, 4.69) is 44.6 Å². The zero-order valence-electron chi connectivity index (χ0n) is 39.0. The molecule has 0 aliphatic carbocycles. The first kappa shape index (κ1) is 52.0. The Balaban J connectivity index is 1.28. The highest BCUT2D eigenvalue weighted by atomic mass is 16.6. The maximum Gasteiger partial charge on any atom is 0.413 e. The molecule has 67 heavy (non-hydrogen) atoms. The lowest BCUT2D eigenvalue weighted by Crippen LogP contribution is -2.42. The second kappa shape index (κ2) is 24.6. The number of alkyl carbamates (subject to hydrolysis) is 2. The number of amides is 4. The van der Waals surface area contributed by atoms with Crippen molar-refractivity contribution in [1.29, 1.82) is 0 Å². The number of ether oxygens (including phenoxy) is 6. The summed E-state index contributed by atoms with van der Waals surface area (Å²) in [5.41, 5.74) is 2.45. The normalized spacial score (nSPS) is 14.1. The minimum absolute atomic E-state index is 0.0608. The zero-order valence-corrected chi connectivity index (χ0v) is 39.0. The van der Waals surface area contributed by atoms with E-state index in [-0.39, 0.29) is 63.7 Å². The van der Waals surface area contributed by atoms with Crippen LogP contribution in [-0.4, -0.2) is 109 Å². The molecule has 1 saturated heterocycles. The molecule has 4 amide bonds. The number of methoxy groups -OCH3 is 2. The third-order valence-electron chi connectivity index (χ3n) is 9.32. The molecule has 2 heterocycles. The molecule has 3 N–H and O–H groups in total. The highest BCUT2D eigenvalue weighted by molar-refractivity contribution is 5.86. The third kappa shape index (κ3) is 19.2. The molecule has 2 atom stereocenters. The van der Waals surface area contributed by atoms with Gasteiger partial charge < -0.3 is 44.0 Å². The second-order valence-electron chi connectivity index (χ2n) is 17.2. The SMILES string of the molecule is COC(=O)Cc1cc(C#CCOC(=O)Cc2ccnc(NC(=O)OC(C)(C)C)c2)cc(C#CCOC(=O)NC2CC(C(=O)OC)N(C(=O)CCc3ccc(CNC(=O)OC(C)(C)C)cc3)C2)c1. The Kier molecular flexibility index (Phi) is 19.1. The lowest BCUT2D eigenvalue weighted by atomic mass is 10.0. The quantitative estimate of drug-likeness (QED) is 0.108. The van der Waals surface area contributed by atoms with Gasteiger partial charge in [-0.25, -0.2) is 24.2 Å². The first-order valence-corrected chi connectivity index (χ1v) is 21.3. The van der Waals surface area contributed by atoms with E-state index >= 15 is 0 Å². The summed E-state index contributed by atoms with van der Waals surface area (Å²) in [4.78, 5) is 93.0. The maximum atomic E-state index is 13.4. The summed E-state index contributed by atoms with van der Waals surface area (Å²) < 4.78 is 30.8. The van der Waals surface area contributed by atoms with E-state index in [1.54, 1.807) is 65.8 Å². The fourth-order valence-electron chi connectivity index (χ4n) is 6.44. The third-order valence-corrected chi connectivity index (χ3v) is 9.32.